The summed E-state index contributed by atoms with van der Waals surface area (Å²) in [6, 6.07) is 13.3. The van der Waals surface area contributed by atoms with Gasteiger partial charge >= 0.3 is 0 Å². The first-order valence-corrected chi connectivity index (χ1v) is 10.5. The molecule has 0 radical (unpaired) electrons. The SMILES string of the molecule is COc1cc(-c2cn(C3CC(C)c4ccccc4NC3=O)nn2)ccc1-n1cnc(C)c1. The van der Waals surface area contributed by atoms with Crippen molar-refractivity contribution in [1.82, 2.24) is 24.5 Å². The number of amides is 1. The number of aryl methyl sites for hydroxylation is 1. The molecule has 8 heteroatoms. The lowest BCUT2D eigenvalue weighted by atomic mass is 9.94. The number of benzene rings is 2. The second kappa shape index (κ2) is 7.96. The van der Waals surface area contributed by atoms with Crippen molar-refractivity contribution in [3.8, 4) is 22.7 Å². The Kier molecular flexibility index (Phi) is 4.97. The number of para-hydroxylation sites is 1. The van der Waals surface area contributed by atoms with Gasteiger partial charge in [0.15, 0.2) is 0 Å². The van der Waals surface area contributed by atoms with E-state index in [0.717, 1.165) is 28.2 Å². The number of methoxy groups -OCH3 is 1. The van der Waals surface area contributed by atoms with Crippen molar-refractivity contribution in [3.05, 3.63) is 72.4 Å². The van der Waals surface area contributed by atoms with Crippen LogP contribution in [0, 0.1) is 6.92 Å². The van der Waals surface area contributed by atoms with Gasteiger partial charge in [0.05, 0.1) is 31.0 Å². The maximum Gasteiger partial charge on any atom is 0.249 e. The Balaban J connectivity index is 1.44. The van der Waals surface area contributed by atoms with Gasteiger partial charge in [-0.05, 0) is 43.0 Å². The molecule has 2 atom stereocenters. The van der Waals surface area contributed by atoms with E-state index in [1.54, 1.807) is 18.1 Å². The highest BCUT2D eigenvalue weighted by Crippen LogP contribution is 2.36. The van der Waals surface area contributed by atoms with E-state index in [9.17, 15) is 4.79 Å². The Morgan fingerprint density at radius 1 is 1.16 bits per heavy atom. The number of hydrogen-bond donors (Lipinski definition) is 1. The maximum absolute atomic E-state index is 12.9. The fraction of sp³-hybridized carbons (Fsp3) is 0.250. The third-order valence-corrected chi connectivity index (χ3v) is 5.92. The van der Waals surface area contributed by atoms with Crippen molar-refractivity contribution >= 4 is 11.6 Å². The van der Waals surface area contributed by atoms with E-state index in [2.05, 4.69) is 33.6 Å². The first-order chi connectivity index (χ1) is 15.5. The molecule has 0 fully saturated rings. The van der Waals surface area contributed by atoms with Gasteiger partial charge in [-0.3, -0.25) is 4.79 Å². The van der Waals surface area contributed by atoms with E-state index in [1.165, 1.54) is 0 Å². The number of aromatic nitrogens is 5. The highest BCUT2D eigenvalue weighted by atomic mass is 16.5. The number of nitrogens with one attached hydrogen (secondary N) is 1. The quantitative estimate of drug-likeness (QED) is 0.528. The predicted molar refractivity (Wildman–Crippen MR) is 121 cm³/mol. The van der Waals surface area contributed by atoms with Crippen LogP contribution in [0.1, 0.15) is 36.6 Å². The molecule has 1 aliphatic heterocycles. The zero-order chi connectivity index (χ0) is 22.2. The Hall–Kier alpha value is -3.94. The van der Waals surface area contributed by atoms with Crippen molar-refractivity contribution in [2.45, 2.75) is 32.2 Å². The molecule has 1 N–H and O–H groups in total. The molecule has 1 aliphatic rings. The van der Waals surface area contributed by atoms with Gasteiger partial charge in [0.25, 0.3) is 0 Å². The van der Waals surface area contributed by atoms with Gasteiger partial charge in [0.2, 0.25) is 5.91 Å². The standard InChI is InChI=1S/C24H24N6O2/c1-15-10-22(24(31)26-19-7-5-4-6-18(15)19)30-13-20(27-28-30)17-8-9-21(23(11-17)32-3)29-12-16(2)25-14-29/h4-9,11-15,22H,10H2,1-3H3,(H,26,31). The third kappa shape index (κ3) is 3.53. The first kappa shape index (κ1) is 20.0. The van der Waals surface area contributed by atoms with Crippen molar-refractivity contribution in [3.63, 3.8) is 0 Å². The Bertz CT molecular complexity index is 1290. The Labute approximate surface area is 185 Å². The van der Waals surface area contributed by atoms with Crippen LogP contribution in [-0.4, -0.2) is 37.6 Å². The van der Waals surface area contributed by atoms with Crippen molar-refractivity contribution in [2.75, 3.05) is 12.4 Å². The molecule has 1 amide bonds. The van der Waals surface area contributed by atoms with Crippen LogP contribution >= 0.6 is 0 Å². The van der Waals surface area contributed by atoms with E-state index in [4.69, 9.17) is 4.74 Å². The van der Waals surface area contributed by atoms with Gasteiger partial charge in [0, 0.05) is 17.4 Å². The molecule has 2 aromatic heterocycles. The summed E-state index contributed by atoms with van der Waals surface area (Å²) < 4.78 is 9.19. The lowest BCUT2D eigenvalue weighted by molar-refractivity contribution is -0.119. The minimum absolute atomic E-state index is 0.0818. The van der Waals surface area contributed by atoms with E-state index < -0.39 is 6.04 Å². The lowest BCUT2D eigenvalue weighted by Crippen LogP contribution is -2.25. The monoisotopic (exact) mass is 428 g/mol. The number of fused-ring (bicyclic) bond motifs is 1. The average Bonchev–Trinajstić information content (AvgIpc) is 3.44. The summed E-state index contributed by atoms with van der Waals surface area (Å²) in [6.07, 6.45) is 6.17. The van der Waals surface area contributed by atoms with Crippen molar-refractivity contribution in [1.29, 1.82) is 0 Å². The summed E-state index contributed by atoms with van der Waals surface area (Å²) in [5.41, 5.74) is 5.36. The molecule has 8 nitrogen and oxygen atoms in total. The van der Waals surface area contributed by atoms with Gasteiger partial charge in [0.1, 0.15) is 17.5 Å². The second-order valence-electron chi connectivity index (χ2n) is 8.12. The number of rotatable bonds is 4. The van der Waals surface area contributed by atoms with Crippen molar-refractivity contribution < 1.29 is 9.53 Å². The average molecular weight is 428 g/mol. The summed E-state index contributed by atoms with van der Waals surface area (Å²) in [5.74, 6) is 0.827. The van der Waals surface area contributed by atoms with Gasteiger partial charge in [-0.1, -0.05) is 36.4 Å². The van der Waals surface area contributed by atoms with Crippen LogP contribution in [0.2, 0.25) is 0 Å². The number of hydrogen-bond acceptors (Lipinski definition) is 5. The number of carbonyl (C=O) groups excluding carboxylic acids is 1. The summed E-state index contributed by atoms with van der Waals surface area (Å²) in [7, 11) is 1.64. The molecule has 2 aromatic carbocycles. The molecule has 5 rings (SSSR count). The number of anilines is 1. The van der Waals surface area contributed by atoms with Crippen LogP contribution in [0.3, 0.4) is 0 Å². The van der Waals surface area contributed by atoms with Crippen molar-refractivity contribution in [2.24, 2.45) is 0 Å². The van der Waals surface area contributed by atoms with Crippen LogP contribution in [0.25, 0.3) is 16.9 Å². The Morgan fingerprint density at radius 3 is 2.78 bits per heavy atom. The highest BCUT2D eigenvalue weighted by molar-refractivity contribution is 5.95. The molecule has 3 heterocycles. The van der Waals surface area contributed by atoms with Crippen LogP contribution in [0.5, 0.6) is 5.75 Å². The summed E-state index contributed by atoms with van der Waals surface area (Å²) in [4.78, 5) is 17.2. The van der Waals surface area contributed by atoms with Crippen LogP contribution in [0.4, 0.5) is 5.69 Å². The van der Waals surface area contributed by atoms with Gasteiger partial charge < -0.3 is 14.6 Å². The number of ether oxygens (including phenoxy) is 1. The largest absolute Gasteiger partial charge is 0.495 e. The number of imidazole rings is 1. The van der Waals surface area contributed by atoms with Crippen LogP contribution in [-0.2, 0) is 4.79 Å². The van der Waals surface area contributed by atoms with E-state index in [0.29, 0.717) is 17.9 Å². The second-order valence-corrected chi connectivity index (χ2v) is 8.12. The van der Waals surface area contributed by atoms with E-state index >= 15 is 0 Å². The molecular weight excluding hydrogens is 404 g/mol. The zero-order valence-electron chi connectivity index (χ0n) is 18.2. The minimum atomic E-state index is -0.436. The molecule has 0 aliphatic carbocycles. The lowest BCUT2D eigenvalue weighted by Gasteiger charge is -2.15. The topological polar surface area (TPSA) is 86.9 Å². The molecule has 2 unspecified atom stereocenters. The third-order valence-electron chi connectivity index (χ3n) is 5.92. The molecule has 0 saturated carbocycles. The summed E-state index contributed by atoms with van der Waals surface area (Å²) in [5, 5.41) is 11.7. The fourth-order valence-corrected chi connectivity index (χ4v) is 4.22. The molecule has 162 valence electrons. The van der Waals surface area contributed by atoms with Crippen LogP contribution in [0.15, 0.2) is 61.2 Å². The molecule has 0 spiro atoms. The smallest absolute Gasteiger partial charge is 0.249 e. The maximum atomic E-state index is 12.9. The summed E-state index contributed by atoms with van der Waals surface area (Å²) >= 11 is 0. The molecule has 0 bridgehead atoms. The van der Waals surface area contributed by atoms with E-state index in [1.807, 2.05) is 60.3 Å². The number of nitrogens with zero attached hydrogens (tertiary/aromatic N) is 5. The van der Waals surface area contributed by atoms with Gasteiger partial charge in [-0.25, -0.2) is 9.67 Å². The van der Waals surface area contributed by atoms with E-state index in [-0.39, 0.29) is 11.8 Å². The first-order valence-electron chi connectivity index (χ1n) is 10.5. The molecule has 0 saturated heterocycles. The predicted octanol–water partition coefficient (Wildman–Crippen LogP) is 4.13. The number of carbonyl (C=O) groups is 1. The van der Waals surface area contributed by atoms with Gasteiger partial charge in [-0.2, -0.15) is 0 Å². The highest BCUT2D eigenvalue weighted by Gasteiger charge is 2.30. The molecular formula is C24H24N6O2. The fourth-order valence-electron chi connectivity index (χ4n) is 4.22. The minimum Gasteiger partial charge on any atom is -0.495 e. The van der Waals surface area contributed by atoms with Gasteiger partial charge in [-0.15, -0.1) is 5.10 Å². The Morgan fingerprint density at radius 2 is 2.00 bits per heavy atom. The zero-order valence-corrected chi connectivity index (χ0v) is 18.2. The van der Waals surface area contributed by atoms with Crippen LogP contribution < -0.4 is 10.1 Å². The molecule has 4 aromatic rings. The molecule has 32 heavy (non-hydrogen) atoms. The normalized spacial score (nSPS) is 18.0. The summed E-state index contributed by atoms with van der Waals surface area (Å²) in [6.45, 7) is 4.07.